The van der Waals surface area contributed by atoms with E-state index in [4.69, 9.17) is 6.42 Å². The number of anilines is 1. The molecular formula is C11H13N. The monoisotopic (exact) mass is 159 g/mol. The van der Waals surface area contributed by atoms with Crippen molar-refractivity contribution in [2.45, 2.75) is 13.3 Å². The predicted octanol–water partition coefficient (Wildman–Crippen LogP) is 2.29. The molecule has 0 spiro atoms. The van der Waals surface area contributed by atoms with Crippen molar-refractivity contribution in [2.75, 3.05) is 11.9 Å². The number of benzene rings is 1. The van der Waals surface area contributed by atoms with Crippen molar-refractivity contribution >= 4 is 5.69 Å². The van der Waals surface area contributed by atoms with E-state index in [9.17, 15) is 0 Å². The smallest absolute Gasteiger partial charge is 0.0340 e. The maximum Gasteiger partial charge on any atom is 0.0340 e. The average molecular weight is 159 g/mol. The van der Waals surface area contributed by atoms with E-state index in [0.717, 1.165) is 12.2 Å². The van der Waals surface area contributed by atoms with Gasteiger partial charge in [-0.3, -0.25) is 0 Å². The van der Waals surface area contributed by atoms with Gasteiger partial charge in [-0.05, 0) is 24.6 Å². The molecule has 1 nitrogen and oxygen atoms in total. The van der Waals surface area contributed by atoms with Crippen molar-refractivity contribution in [1.82, 2.24) is 0 Å². The molecule has 0 fully saturated rings. The van der Waals surface area contributed by atoms with Crippen molar-refractivity contribution in [1.29, 1.82) is 0 Å². The Morgan fingerprint density at radius 2 is 2.00 bits per heavy atom. The van der Waals surface area contributed by atoms with Crippen molar-refractivity contribution in [2.24, 2.45) is 0 Å². The Balaban J connectivity index is 2.66. The zero-order valence-electron chi connectivity index (χ0n) is 7.30. The summed E-state index contributed by atoms with van der Waals surface area (Å²) in [5.74, 6) is 2.62. The summed E-state index contributed by atoms with van der Waals surface area (Å²) in [5, 5.41) is 3.23. The Kier molecular flexibility index (Phi) is 3.22. The van der Waals surface area contributed by atoms with Gasteiger partial charge in [-0.15, -0.1) is 12.3 Å². The highest BCUT2D eigenvalue weighted by Crippen LogP contribution is 2.08. The molecule has 0 aliphatic heterocycles. The molecule has 1 aromatic carbocycles. The van der Waals surface area contributed by atoms with Crippen molar-refractivity contribution in [3.8, 4) is 12.3 Å². The lowest BCUT2D eigenvalue weighted by molar-refractivity contribution is 1.21. The molecule has 0 aliphatic carbocycles. The van der Waals surface area contributed by atoms with Gasteiger partial charge in [-0.25, -0.2) is 0 Å². The third kappa shape index (κ3) is 2.32. The van der Waals surface area contributed by atoms with Crippen LogP contribution >= 0.6 is 0 Å². The summed E-state index contributed by atoms with van der Waals surface area (Å²) in [4.78, 5) is 0. The van der Waals surface area contributed by atoms with E-state index in [0.29, 0.717) is 6.42 Å². The quantitative estimate of drug-likeness (QED) is 0.667. The van der Waals surface area contributed by atoms with Gasteiger partial charge in [0.1, 0.15) is 0 Å². The van der Waals surface area contributed by atoms with Gasteiger partial charge in [-0.2, -0.15) is 0 Å². The predicted molar refractivity (Wildman–Crippen MR) is 53.1 cm³/mol. The molecule has 1 aromatic rings. The van der Waals surface area contributed by atoms with Crippen LogP contribution in [0.15, 0.2) is 24.3 Å². The second kappa shape index (κ2) is 4.46. The van der Waals surface area contributed by atoms with Crippen LogP contribution in [-0.4, -0.2) is 6.54 Å². The highest BCUT2D eigenvalue weighted by atomic mass is 14.8. The summed E-state index contributed by atoms with van der Waals surface area (Å²) in [6.07, 6.45) is 5.91. The van der Waals surface area contributed by atoms with Crippen molar-refractivity contribution < 1.29 is 0 Å². The van der Waals surface area contributed by atoms with E-state index in [-0.39, 0.29) is 0 Å². The van der Waals surface area contributed by atoms with Crippen LogP contribution in [0.4, 0.5) is 5.69 Å². The molecule has 0 saturated carbocycles. The van der Waals surface area contributed by atoms with E-state index < -0.39 is 0 Å². The molecule has 0 atom stereocenters. The molecule has 0 saturated heterocycles. The molecule has 0 aliphatic rings. The highest BCUT2D eigenvalue weighted by Gasteiger charge is 1.90. The maximum absolute atomic E-state index is 5.19. The lowest BCUT2D eigenvalue weighted by Crippen LogP contribution is -1.95. The summed E-state index contributed by atoms with van der Waals surface area (Å²) < 4.78 is 0. The number of rotatable bonds is 3. The largest absolute Gasteiger partial charge is 0.385 e. The van der Waals surface area contributed by atoms with Gasteiger partial charge in [0.2, 0.25) is 0 Å². The second-order valence-corrected chi connectivity index (χ2v) is 2.61. The number of hydrogen-bond donors (Lipinski definition) is 1. The minimum atomic E-state index is 0.715. The number of nitrogens with one attached hydrogen (secondary N) is 1. The van der Waals surface area contributed by atoms with Crippen molar-refractivity contribution in [3.05, 3.63) is 29.8 Å². The maximum atomic E-state index is 5.19. The lowest BCUT2D eigenvalue weighted by Gasteiger charge is -2.02. The molecule has 12 heavy (non-hydrogen) atoms. The first kappa shape index (κ1) is 8.67. The Hall–Kier alpha value is -1.42. The summed E-state index contributed by atoms with van der Waals surface area (Å²) in [7, 11) is 0. The molecule has 62 valence electrons. The zero-order valence-corrected chi connectivity index (χ0v) is 7.30. The zero-order chi connectivity index (χ0) is 8.81. The van der Waals surface area contributed by atoms with Crippen LogP contribution in [-0.2, 0) is 6.42 Å². The molecule has 0 radical (unpaired) electrons. The van der Waals surface area contributed by atoms with E-state index in [2.05, 4.69) is 42.4 Å². The van der Waals surface area contributed by atoms with Crippen LogP contribution < -0.4 is 5.32 Å². The third-order valence-electron chi connectivity index (χ3n) is 1.64. The van der Waals surface area contributed by atoms with Crippen LogP contribution in [0.1, 0.15) is 12.5 Å². The summed E-state index contributed by atoms with van der Waals surface area (Å²) >= 11 is 0. The lowest BCUT2D eigenvalue weighted by atomic mass is 10.1. The topological polar surface area (TPSA) is 12.0 Å². The van der Waals surface area contributed by atoms with Crippen LogP contribution in [0.25, 0.3) is 0 Å². The Labute approximate surface area is 73.8 Å². The minimum Gasteiger partial charge on any atom is -0.385 e. The SMILES string of the molecule is C#CCc1ccc(NCC)cc1. The summed E-state index contributed by atoms with van der Waals surface area (Å²) in [6, 6.07) is 8.21. The van der Waals surface area contributed by atoms with E-state index >= 15 is 0 Å². The first-order valence-electron chi connectivity index (χ1n) is 4.13. The van der Waals surface area contributed by atoms with E-state index in [1.807, 2.05) is 0 Å². The minimum absolute atomic E-state index is 0.715. The van der Waals surface area contributed by atoms with Gasteiger partial charge in [-0.1, -0.05) is 12.1 Å². The molecule has 0 amide bonds. The number of hydrogen-bond acceptors (Lipinski definition) is 1. The van der Waals surface area contributed by atoms with Gasteiger partial charge in [0.05, 0.1) is 0 Å². The Bertz CT molecular complexity index is 266. The van der Waals surface area contributed by atoms with Crippen molar-refractivity contribution in [3.63, 3.8) is 0 Å². The fourth-order valence-electron chi connectivity index (χ4n) is 1.06. The molecule has 0 bridgehead atoms. The van der Waals surface area contributed by atoms with Gasteiger partial charge in [0, 0.05) is 18.7 Å². The van der Waals surface area contributed by atoms with Gasteiger partial charge < -0.3 is 5.32 Å². The molecule has 0 unspecified atom stereocenters. The standard InChI is InChI=1S/C11H13N/c1-3-5-10-6-8-11(9-7-10)12-4-2/h1,6-9,12H,4-5H2,2H3. The summed E-state index contributed by atoms with van der Waals surface area (Å²) in [5.41, 5.74) is 2.34. The van der Waals surface area contributed by atoms with Gasteiger partial charge in [0.25, 0.3) is 0 Å². The normalized spacial score (nSPS) is 9.00. The highest BCUT2D eigenvalue weighted by molar-refractivity contribution is 5.44. The average Bonchev–Trinajstić information content (AvgIpc) is 2.09. The van der Waals surface area contributed by atoms with Crippen LogP contribution in [0.5, 0.6) is 0 Å². The number of terminal acetylenes is 1. The van der Waals surface area contributed by atoms with Crippen LogP contribution in [0, 0.1) is 12.3 Å². The fourth-order valence-corrected chi connectivity index (χ4v) is 1.06. The molecule has 1 heteroatoms. The summed E-state index contributed by atoms with van der Waals surface area (Å²) in [6.45, 7) is 3.03. The first-order valence-corrected chi connectivity index (χ1v) is 4.13. The Morgan fingerprint density at radius 1 is 1.33 bits per heavy atom. The molecule has 1 N–H and O–H groups in total. The molecule has 0 heterocycles. The van der Waals surface area contributed by atoms with E-state index in [1.165, 1.54) is 5.56 Å². The third-order valence-corrected chi connectivity index (χ3v) is 1.64. The van der Waals surface area contributed by atoms with E-state index in [1.54, 1.807) is 0 Å². The van der Waals surface area contributed by atoms with Crippen LogP contribution in [0.3, 0.4) is 0 Å². The van der Waals surface area contributed by atoms with Gasteiger partial charge >= 0.3 is 0 Å². The van der Waals surface area contributed by atoms with Crippen LogP contribution in [0.2, 0.25) is 0 Å². The van der Waals surface area contributed by atoms with Gasteiger partial charge in [0.15, 0.2) is 0 Å². The second-order valence-electron chi connectivity index (χ2n) is 2.61. The fraction of sp³-hybridized carbons (Fsp3) is 0.273. The first-order chi connectivity index (χ1) is 5.86. The molecule has 1 rings (SSSR count). The molecule has 0 aromatic heterocycles. The Morgan fingerprint density at radius 3 is 2.50 bits per heavy atom. The molecular weight excluding hydrogens is 146 g/mol.